The van der Waals surface area contributed by atoms with Gasteiger partial charge in [0.25, 0.3) is 5.91 Å². The summed E-state index contributed by atoms with van der Waals surface area (Å²) in [4.78, 5) is 37.1. The van der Waals surface area contributed by atoms with E-state index in [2.05, 4.69) is 30.7 Å². The summed E-state index contributed by atoms with van der Waals surface area (Å²) in [6.45, 7) is 9.94. The van der Waals surface area contributed by atoms with Crippen LogP contribution in [0.2, 0.25) is 0 Å². The molecule has 1 atom stereocenters. The molecule has 3 heterocycles. The Morgan fingerprint density at radius 2 is 1.69 bits per heavy atom. The van der Waals surface area contributed by atoms with E-state index in [1.807, 2.05) is 31.2 Å². The molecule has 1 unspecified atom stereocenters. The van der Waals surface area contributed by atoms with Crippen LogP contribution in [0.25, 0.3) is 0 Å². The van der Waals surface area contributed by atoms with E-state index < -0.39 is 17.7 Å². The van der Waals surface area contributed by atoms with Crippen LogP contribution in [0.1, 0.15) is 58.3 Å². The van der Waals surface area contributed by atoms with Gasteiger partial charge in [-0.25, -0.2) is 4.98 Å². The summed E-state index contributed by atoms with van der Waals surface area (Å²) >= 11 is 1.26. The van der Waals surface area contributed by atoms with Crippen LogP contribution in [0.3, 0.4) is 0 Å². The number of amides is 1. The number of ketones is 1. The lowest BCUT2D eigenvalue weighted by Crippen LogP contribution is -2.31. The Bertz CT molecular complexity index is 1220. The summed E-state index contributed by atoms with van der Waals surface area (Å²) in [5, 5.41) is 11.6. The van der Waals surface area contributed by atoms with Crippen molar-refractivity contribution < 1.29 is 14.7 Å². The van der Waals surface area contributed by atoms with Gasteiger partial charge in [-0.1, -0.05) is 32.9 Å². The quantitative estimate of drug-likeness (QED) is 0.553. The lowest BCUT2D eigenvalue weighted by Gasteiger charge is -2.28. The Morgan fingerprint density at radius 1 is 1.06 bits per heavy atom. The number of hydrogen-bond acceptors (Lipinski definition) is 6. The Kier molecular flexibility index (Phi) is 5.46. The first-order valence-corrected chi connectivity index (χ1v) is 11.2. The molecule has 164 valence electrons. The average molecular weight is 448 g/mol. The van der Waals surface area contributed by atoms with Crippen molar-refractivity contribution in [1.82, 2.24) is 9.97 Å². The van der Waals surface area contributed by atoms with Crippen molar-refractivity contribution >= 4 is 28.7 Å². The van der Waals surface area contributed by atoms with Crippen LogP contribution in [0.4, 0.5) is 5.69 Å². The van der Waals surface area contributed by atoms with Crippen molar-refractivity contribution in [2.45, 2.75) is 46.1 Å². The number of aliphatic hydroxyl groups excluding tert-OH is 1. The van der Waals surface area contributed by atoms with Gasteiger partial charge in [0, 0.05) is 18.1 Å². The Labute approximate surface area is 191 Å². The predicted molar refractivity (Wildman–Crippen MR) is 125 cm³/mol. The maximum absolute atomic E-state index is 13.5. The van der Waals surface area contributed by atoms with Crippen molar-refractivity contribution in [2.75, 3.05) is 4.90 Å². The van der Waals surface area contributed by atoms with Crippen LogP contribution in [0, 0.1) is 13.8 Å². The van der Waals surface area contributed by atoms with E-state index in [0.29, 0.717) is 21.8 Å². The van der Waals surface area contributed by atoms with E-state index in [4.69, 9.17) is 0 Å². The highest BCUT2D eigenvalue weighted by Gasteiger charge is 2.45. The number of nitrogens with zero attached hydrogens (tertiary/aromatic N) is 3. The Morgan fingerprint density at radius 3 is 2.22 bits per heavy atom. The van der Waals surface area contributed by atoms with Crippen LogP contribution in [-0.2, 0) is 10.2 Å². The maximum atomic E-state index is 13.5. The zero-order valence-electron chi connectivity index (χ0n) is 18.7. The van der Waals surface area contributed by atoms with Gasteiger partial charge in [-0.3, -0.25) is 19.5 Å². The van der Waals surface area contributed by atoms with Gasteiger partial charge < -0.3 is 5.11 Å². The summed E-state index contributed by atoms with van der Waals surface area (Å²) < 4.78 is 0. The van der Waals surface area contributed by atoms with Crippen molar-refractivity contribution in [1.29, 1.82) is 0 Å². The van der Waals surface area contributed by atoms with Gasteiger partial charge >= 0.3 is 0 Å². The number of hydrogen-bond donors (Lipinski definition) is 1. The van der Waals surface area contributed by atoms with Gasteiger partial charge in [0.15, 0.2) is 5.76 Å². The molecule has 7 heteroatoms. The normalized spacial score (nSPS) is 16.7. The third-order valence-corrected chi connectivity index (χ3v) is 6.67. The van der Waals surface area contributed by atoms with Crippen molar-refractivity contribution in [3.8, 4) is 0 Å². The SMILES string of the molecule is Cc1nc(C)c(C(=O)C2=C(O)C(=O)N(c3ccc(C(C)(C)C)cc3)C2c2ccncc2)s1. The molecule has 3 aromatic rings. The van der Waals surface area contributed by atoms with E-state index in [1.165, 1.54) is 16.2 Å². The molecule has 1 aromatic carbocycles. The third kappa shape index (κ3) is 3.73. The van der Waals surface area contributed by atoms with Crippen LogP contribution in [-0.4, -0.2) is 26.8 Å². The fourth-order valence-corrected chi connectivity index (χ4v) is 4.82. The Hall–Kier alpha value is -3.32. The largest absolute Gasteiger partial charge is 0.503 e. The summed E-state index contributed by atoms with van der Waals surface area (Å²) in [6.07, 6.45) is 3.22. The first kappa shape index (κ1) is 21.9. The van der Waals surface area contributed by atoms with Crippen molar-refractivity contribution in [2.24, 2.45) is 0 Å². The van der Waals surface area contributed by atoms with Gasteiger partial charge in [-0.05, 0) is 54.7 Å². The molecule has 1 aliphatic heterocycles. The number of carbonyl (C=O) groups excluding carboxylic acids is 2. The minimum atomic E-state index is -0.764. The van der Waals surface area contributed by atoms with Gasteiger partial charge in [-0.2, -0.15) is 0 Å². The number of aromatic nitrogens is 2. The highest BCUT2D eigenvalue weighted by molar-refractivity contribution is 7.14. The lowest BCUT2D eigenvalue weighted by molar-refractivity contribution is -0.117. The van der Waals surface area contributed by atoms with E-state index in [0.717, 1.165) is 10.6 Å². The summed E-state index contributed by atoms with van der Waals surface area (Å²) in [6, 6.07) is 10.4. The number of thiazole rings is 1. The molecule has 0 saturated carbocycles. The molecular formula is C25H25N3O3S. The Balaban J connectivity index is 1.84. The summed E-state index contributed by atoms with van der Waals surface area (Å²) in [5.74, 6) is -1.51. The third-order valence-electron chi connectivity index (χ3n) is 5.60. The first-order valence-electron chi connectivity index (χ1n) is 10.4. The molecular weight excluding hydrogens is 422 g/mol. The smallest absolute Gasteiger partial charge is 0.294 e. The second kappa shape index (κ2) is 7.98. The maximum Gasteiger partial charge on any atom is 0.294 e. The number of aliphatic hydroxyl groups is 1. The number of carbonyl (C=O) groups is 2. The lowest BCUT2D eigenvalue weighted by atomic mass is 9.87. The molecule has 0 spiro atoms. The second-order valence-electron chi connectivity index (χ2n) is 8.89. The fourth-order valence-electron chi connectivity index (χ4n) is 3.95. The molecule has 32 heavy (non-hydrogen) atoms. The predicted octanol–water partition coefficient (Wildman–Crippen LogP) is 5.24. The molecule has 0 saturated heterocycles. The number of rotatable bonds is 4. The molecule has 1 aliphatic rings. The van der Waals surface area contributed by atoms with Crippen LogP contribution in [0.5, 0.6) is 0 Å². The zero-order chi connectivity index (χ0) is 23.2. The van der Waals surface area contributed by atoms with Crippen LogP contribution >= 0.6 is 11.3 Å². The van der Waals surface area contributed by atoms with E-state index in [-0.39, 0.29) is 16.8 Å². The second-order valence-corrected chi connectivity index (χ2v) is 10.1. The average Bonchev–Trinajstić information content (AvgIpc) is 3.23. The summed E-state index contributed by atoms with van der Waals surface area (Å²) in [7, 11) is 0. The standard InChI is InChI=1S/C25H25N3O3S/c1-14-23(32-15(2)27-14)21(29)19-20(16-10-12-26-13-11-16)28(24(31)22(19)30)18-8-6-17(7-9-18)25(3,4)5/h6-13,20,30H,1-5H3. The molecule has 1 amide bonds. The first-order chi connectivity index (χ1) is 15.1. The molecule has 0 bridgehead atoms. The van der Waals surface area contributed by atoms with Gasteiger partial charge in [0.1, 0.15) is 0 Å². The minimum Gasteiger partial charge on any atom is -0.503 e. The molecule has 1 N–H and O–H groups in total. The van der Waals surface area contributed by atoms with E-state index >= 15 is 0 Å². The topological polar surface area (TPSA) is 83.4 Å². The molecule has 0 radical (unpaired) electrons. The highest BCUT2D eigenvalue weighted by Crippen LogP contribution is 2.43. The van der Waals surface area contributed by atoms with Crippen molar-refractivity contribution in [3.63, 3.8) is 0 Å². The van der Waals surface area contributed by atoms with E-state index in [9.17, 15) is 14.7 Å². The van der Waals surface area contributed by atoms with Crippen LogP contribution < -0.4 is 4.90 Å². The molecule has 0 aliphatic carbocycles. The number of aryl methyl sites for hydroxylation is 2. The monoisotopic (exact) mass is 447 g/mol. The number of Topliss-reactive ketones (excluding diaryl/α,β-unsaturated/α-hetero) is 1. The molecule has 6 nitrogen and oxygen atoms in total. The van der Waals surface area contributed by atoms with Gasteiger partial charge in [-0.15, -0.1) is 11.3 Å². The van der Waals surface area contributed by atoms with Gasteiger partial charge in [0.05, 0.1) is 27.2 Å². The molecule has 4 rings (SSSR count). The molecule has 0 fully saturated rings. The zero-order valence-corrected chi connectivity index (χ0v) is 19.5. The molecule has 2 aromatic heterocycles. The number of anilines is 1. The number of benzene rings is 1. The van der Waals surface area contributed by atoms with Crippen LogP contribution in [0.15, 0.2) is 60.1 Å². The highest BCUT2D eigenvalue weighted by atomic mass is 32.1. The number of pyridine rings is 1. The van der Waals surface area contributed by atoms with Crippen molar-refractivity contribution in [3.05, 3.63) is 86.8 Å². The summed E-state index contributed by atoms with van der Waals surface area (Å²) in [5.41, 5.74) is 3.04. The van der Waals surface area contributed by atoms with E-state index in [1.54, 1.807) is 31.5 Å². The fraction of sp³-hybridized carbons (Fsp3) is 0.280. The minimum absolute atomic E-state index is 0.0406. The van der Waals surface area contributed by atoms with Gasteiger partial charge in [0.2, 0.25) is 5.78 Å².